The zero-order valence-corrected chi connectivity index (χ0v) is 15.3. The van der Waals surface area contributed by atoms with Crippen molar-refractivity contribution >= 4 is 28.6 Å². The van der Waals surface area contributed by atoms with E-state index in [4.69, 9.17) is 4.74 Å². The minimum atomic E-state index is -0.0398. The molecule has 0 saturated carbocycles. The fourth-order valence-electron chi connectivity index (χ4n) is 3.18. The number of hydrogen-bond acceptors (Lipinski definition) is 5. The first-order chi connectivity index (χ1) is 12.7. The predicted molar refractivity (Wildman–Crippen MR) is 103 cm³/mol. The van der Waals surface area contributed by atoms with Crippen LogP contribution in [-0.2, 0) is 0 Å². The van der Waals surface area contributed by atoms with Crippen LogP contribution in [0.3, 0.4) is 0 Å². The number of para-hydroxylation sites is 1. The van der Waals surface area contributed by atoms with Crippen LogP contribution < -0.4 is 4.74 Å². The van der Waals surface area contributed by atoms with Crippen molar-refractivity contribution in [3.05, 3.63) is 60.3 Å². The summed E-state index contributed by atoms with van der Waals surface area (Å²) in [4.78, 5) is 23.5. The molecule has 1 aliphatic heterocycles. The van der Waals surface area contributed by atoms with E-state index in [9.17, 15) is 4.79 Å². The highest BCUT2D eigenvalue weighted by atomic mass is 32.2. The van der Waals surface area contributed by atoms with E-state index < -0.39 is 0 Å². The van der Waals surface area contributed by atoms with Gasteiger partial charge in [-0.25, -0.2) is 9.97 Å². The third-order valence-corrected chi connectivity index (χ3v) is 5.20. The number of thioether (sulfide) groups is 1. The molecule has 6 heteroatoms. The predicted octanol–water partition coefficient (Wildman–Crippen LogP) is 3.65. The van der Waals surface area contributed by atoms with Crippen molar-refractivity contribution in [3.63, 3.8) is 0 Å². The molecular formula is C20H19N3O2S. The van der Waals surface area contributed by atoms with Gasteiger partial charge in [-0.1, -0.05) is 18.2 Å². The first-order valence-corrected chi connectivity index (χ1v) is 9.78. The number of benzene rings is 1. The molecule has 5 nitrogen and oxygen atoms in total. The lowest BCUT2D eigenvalue weighted by Crippen LogP contribution is -2.31. The van der Waals surface area contributed by atoms with Crippen LogP contribution in [0.4, 0.5) is 0 Å². The van der Waals surface area contributed by atoms with E-state index in [1.165, 1.54) is 11.8 Å². The van der Waals surface area contributed by atoms with Crippen molar-refractivity contribution in [1.29, 1.82) is 0 Å². The summed E-state index contributed by atoms with van der Waals surface area (Å²) in [6.07, 6.45) is 4.40. The molecule has 1 unspecified atom stereocenters. The lowest BCUT2D eigenvalue weighted by atomic mass is 10.2. The molecule has 0 bridgehead atoms. The minimum Gasteiger partial charge on any atom is -0.472 e. The van der Waals surface area contributed by atoms with Gasteiger partial charge in [-0.3, -0.25) is 4.79 Å². The van der Waals surface area contributed by atoms with Gasteiger partial charge in [0.15, 0.2) is 0 Å². The molecule has 3 heterocycles. The molecular weight excluding hydrogens is 346 g/mol. The maximum atomic E-state index is 12.8. The average Bonchev–Trinajstić information content (AvgIpc) is 3.15. The monoisotopic (exact) mass is 365 g/mol. The number of hydrogen-bond donors (Lipinski definition) is 0. The van der Waals surface area contributed by atoms with Gasteiger partial charge in [0.05, 0.1) is 17.6 Å². The number of carbonyl (C=O) groups is 1. The molecule has 0 aliphatic carbocycles. The number of rotatable bonds is 4. The van der Waals surface area contributed by atoms with Gasteiger partial charge in [-0.05, 0) is 30.5 Å². The topological polar surface area (TPSA) is 55.3 Å². The molecule has 1 atom stereocenters. The zero-order chi connectivity index (χ0) is 17.9. The van der Waals surface area contributed by atoms with E-state index in [0.29, 0.717) is 24.5 Å². The summed E-state index contributed by atoms with van der Waals surface area (Å²) in [6.45, 7) is 1.25. The third kappa shape index (κ3) is 3.37. The largest absolute Gasteiger partial charge is 0.472 e. The molecule has 1 saturated heterocycles. The SMILES string of the molecule is CSc1ncccc1C(=O)N1CCC(Oc2ccc3ccccc3n2)C1. The molecule has 0 spiro atoms. The van der Waals surface area contributed by atoms with Crippen molar-refractivity contribution < 1.29 is 9.53 Å². The highest BCUT2D eigenvalue weighted by Crippen LogP contribution is 2.23. The Morgan fingerprint density at radius 1 is 1.19 bits per heavy atom. The quantitative estimate of drug-likeness (QED) is 0.661. The molecule has 2 aromatic heterocycles. The summed E-state index contributed by atoms with van der Waals surface area (Å²) in [5.41, 5.74) is 1.57. The first kappa shape index (κ1) is 16.8. The number of aromatic nitrogens is 2. The van der Waals surface area contributed by atoms with E-state index in [1.54, 1.807) is 12.3 Å². The lowest BCUT2D eigenvalue weighted by molar-refractivity contribution is 0.0767. The molecule has 0 N–H and O–H groups in total. The Hall–Kier alpha value is -2.60. The molecule has 1 amide bonds. The number of fused-ring (bicyclic) bond motifs is 1. The van der Waals surface area contributed by atoms with E-state index in [-0.39, 0.29) is 12.0 Å². The molecule has 1 aromatic carbocycles. The number of pyridine rings is 2. The van der Waals surface area contributed by atoms with Crippen LogP contribution in [0.2, 0.25) is 0 Å². The zero-order valence-electron chi connectivity index (χ0n) is 14.5. The van der Waals surface area contributed by atoms with Gasteiger partial charge in [-0.15, -0.1) is 11.8 Å². The summed E-state index contributed by atoms with van der Waals surface area (Å²) >= 11 is 1.49. The molecule has 26 heavy (non-hydrogen) atoms. The number of carbonyl (C=O) groups excluding carboxylic acids is 1. The standard InChI is InChI=1S/C20H19N3O2S/c1-26-19-16(6-4-11-21-19)20(24)23-12-10-15(13-23)25-18-9-8-14-5-2-3-7-17(14)22-18/h2-9,11,15H,10,12-13H2,1H3. The Labute approximate surface area is 156 Å². The maximum absolute atomic E-state index is 12.8. The van der Waals surface area contributed by atoms with Crippen LogP contribution in [0.1, 0.15) is 16.8 Å². The van der Waals surface area contributed by atoms with Gasteiger partial charge in [-0.2, -0.15) is 0 Å². The highest BCUT2D eigenvalue weighted by molar-refractivity contribution is 7.98. The van der Waals surface area contributed by atoms with Gasteiger partial charge in [0, 0.05) is 30.6 Å². The van der Waals surface area contributed by atoms with Crippen molar-refractivity contribution in [2.45, 2.75) is 17.6 Å². The van der Waals surface area contributed by atoms with Gasteiger partial charge >= 0.3 is 0 Å². The number of likely N-dealkylation sites (tertiary alicyclic amines) is 1. The Balaban J connectivity index is 1.45. The molecule has 4 rings (SSSR count). The summed E-state index contributed by atoms with van der Waals surface area (Å²) in [7, 11) is 0. The van der Waals surface area contributed by atoms with Crippen molar-refractivity contribution in [2.75, 3.05) is 19.3 Å². The Morgan fingerprint density at radius 3 is 2.96 bits per heavy atom. The fraction of sp³-hybridized carbons (Fsp3) is 0.250. The summed E-state index contributed by atoms with van der Waals surface area (Å²) in [5, 5.41) is 1.85. The minimum absolute atomic E-state index is 0.0139. The lowest BCUT2D eigenvalue weighted by Gasteiger charge is -2.18. The second kappa shape index (κ2) is 7.33. The number of ether oxygens (including phenoxy) is 1. The van der Waals surface area contributed by atoms with Crippen LogP contribution in [0.15, 0.2) is 59.8 Å². The molecule has 132 valence electrons. The first-order valence-electron chi connectivity index (χ1n) is 8.55. The Kier molecular flexibility index (Phi) is 4.75. The fourth-order valence-corrected chi connectivity index (χ4v) is 3.72. The number of amides is 1. The van der Waals surface area contributed by atoms with Gasteiger partial charge in [0.2, 0.25) is 5.88 Å². The van der Waals surface area contributed by atoms with E-state index in [2.05, 4.69) is 9.97 Å². The van der Waals surface area contributed by atoms with E-state index in [1.807, 2.05) is 53.6 Å². The summed E-state index contributed by atoms with van der Waals surface area (Å²) in [5.74, 6) is 0.620. The van der Waals surface area contributed by atoms with Gasteiger partial charge in [0.25, 0.3) is 5.91 Å². The van der Waals surface area contributed by atoms with Crippen LogP contribution >= 0.6 is 11.8 Å². The van der Waals surface area contributed by atoms with Crippen LogP contribution in [-0.4, -0.2) is 46.2 Å². The third-order valence-electron chi connectivity index (χ3n) is 4.49. The second-order valence-corrected chi connectivity index (χ2v) is 6.98. The summed E-state index contributed by atoms with van der Waals surface area (Å²) < 4.78 is 6.03. The average molecular weight is 365 g/mol. The smallest absolute Gasteiger partial charge is 0.256 e. The Morgan fingerprint density at radius 2 is 2.08 bits per heavy atom. The van der Waals surface area contributed by atoms with Crippen LogP contribution in [0.25, 0.3) is 10.9 Å². The van der Waals surface area contributed by atoms with E-state index >= 15 is 0 Å². The van der Waals surface area contributed by atoms with Gasteiger partial charge < -0.3 is 9.64 Å². The van der Waals surface area contributed by atoms with Crippen molar-refractivity contribution in [3.8, 4) is 5.88 Å². The van der Waals surface area contributed by atoms with Crippen LogP contribution in [0, 0.1) is 0 Å². The molecule has 1 fully saturated rings. The van der Waals surface area contributed by atoms with Crippen molar-refractivity contribution in [2.24, 2.45) is 0 Å². The molecule has 3 aromatic rings. The van der Waals surface area contributed by atoms with Crippen molar-refractivity contribution in [1.82, 2.24) is 14.9 Å². The summed E-state index contributed by atoms with van der Waals surface area (Å²) in [6, 6.07) is 15.5. The highest BCUT2D eigenvalue weighted by Gasteiger charge is 2.29. The molecule has 0 radical (unpaired) electrons. The van der Waals surface area contributed by atoms with Crippen LogP contribution in [0.5, 0.6) is 5.88 Å². The maximum Gasteiger partial charge on any atom is 0.256 e. The molecule has 1 aliphatic rings. The van der Waals surface area contributed by atoms with Gasteiger partial charge in [0.1, 0.15) is 11.1 Å². The Bertz CT molecular complexity index is 947. The normalized spacial score (nSPS) is 16.8. The second-order valence-electron chi connectivity index (χ2n) is 6.18. The van der Waals surface area contributed by atoms with E-state index in [0.717, 1.165) is 22.3 Å². The number of nitrogens with zero attached hydrogens (tertiary/aromatic N) is 3.